The summed E-state index contributed by atoms with van der Waals surface area (Å²) in [5, 5.41) is 7.55. The van der Waals surface area contributed by atoms with Crippen molar-refractivity contribution in [3.63, 3.8) is 0 Å². The Balaban J connectivity index is 1.70. The van der Waals surface area contributed by atoms with E-state index in [0.29, 0.717) is 5.95 Å². The topological polar surface area (TPSA) is 52.0 Å². The van der Waals surface area contributed by atoms with Crippen molar-refractivity contribution < 1.29 is 13.5 Å². The lowest BCUT2D eigenvalue weighted by molar-refractivity contribution is -0.0498. The summed E-state index contributed by atoms with van der Waals surface area (Å²) in [6.45, 7) is -2.84. The van der Waals surface area contributed by atoms with Crippen molar-refractivity contribution in [3.8, 4) is 5.75 Å². The molecule has 8 heteroatoms. The molecule has 2 heterocycles. The summed E-state index contributed by atoms with van der Waals surface area (Å²) < 4.78 is 32.0. The molecular formula is C18H13F2IN4O. The van der Waals surface area contributed by atoms with Crippen molar-refractivity contribution in [2.24, 2.45) is 0 Å². The van der Waals surface area contributed by atoms with Gasteiger partial charge >= 0.3 is 6.61 Å². The van der Waals surface area contributed by atoms with Crippen LogP contribution >= 0.6 is 22.6 Å². The Labute approximate surface area is 161 Å². The Morgan fingerprint density at radius 3 is 2.50 bits per heavy atom. The van der Waals surface area contributed by atoms with Crippen molar-refractivity contribution in [3.05, 3.63) is 75.6 Å². The number of nitrogens with one attached hydrogen (secondary N) is 1. The van der Waals surface area contributed by atoms with Gasteiger partial charge in [-0.1, -0.05) is 24.3 Å². The Kier molecular flexibility index (Phi) is 4.58. The van der Waals surface area contributed by atoms with Gasteiger partial charge in [-0.05, 0) is 64.1 Å². The maximum atomic E-state index is 12.3. The highest BCUT2D eigenvalue weighted by Gasteiger charge is 2.23. The Morgan fingerprint density at radius 2 is 1.81 bits per heavy atom. The van der Waals surface area contributed by atoms with Crippen LogP contribution in [0, 0.1) is 3.57 Å². The van der Waals surface area contributed by atoms with Crippen LogP contribution in [-0.2, 0) is 0 Å². The number of rotatable bonds is 4. The van der Waals surface area contributed by atoms with Gasteiger partial charge in [0.25, 0.3) is 0 Å². The number of aromatic nitrogens is 3. The number of benzene rings is 2. The molecule has 1 aromatic heterocycles. The van der Waals surface area contributed by atoms with Gasteiger partial charge < -0.3 is 10.1 Å². The van der Waals surface area contributed by atoms with Gasteiger partial charge in [0.05, 0.1) is 0 Å². The summed E-state index contributed by atoms with van der Waals surface area (Å²) in [6, 6.07) is 14.5. The van der Waals surface area contributed by atoms with E-state index in [4.69, 9.17) is 0 Å². The van der Waals surface area contributed by atoms with E-state index in [0.717, 1.165) is 20.4 Å². The van der Waals surface area contributed by atoms with E-state index in [9.17, 15) is 8.78 Å². The van der Waals surface area contributed by atoms with E-state index in [2.05, 4.69) is 42.7 Å². The van der Waals surface area contributed by atoms with Crippen LogP contribution in [0.3, 0.4) is 0 Å². The van der Waals surface area contributed by atoms with Gasteiger partial charge in [-0.2, -0.15) is 18.9 Å². The second-order valence-electron chi connectivity index (χ2n) is 5.63. The molecule has 132 valence electrons. The van der Waals surface area contributed by atoms with Crippen molar-refractivity contribution in [1.82, 2.24) is 14.8 Å². The first-order chi connectivity index (χ1) is 12.6. The van der Waals surface area contributed by atoms with Crippen LogP contribution in [0.1, 0.15) is 17.2 Å². The first-order valence-electron chi connectivity index (χ1n) is 7.79. The summed E-state index contributed by atoms with van der Waals surface area (Å²) in [6.07, 6.45) is 3.52. The molecule has 0 unspecified atom stereocenters. The van der Waals surface area contributed by atoms with E-state index in [1.165, 1.54) is 18.5 Å². The van der Waals surface area contributed by atoms with Crippen LogP contribution in [0.2, 0.25) is 0 Å². The quantitative estimate of drug-likeness (QED) is 0.574. The van der Waals surface area contributed by atoms with Crippen LogP contribution in [0.5, 0.6) is 5.75 Å². The number of allylic oxidation sites excluding steroid dienone is 1. The number of hydrogen-bond donors (Lipinski definition) is 1. The minimum atomic E-state index is -2.84. The predicted molar refractivity (Wildman–Crippen MR) is 102 cm³/mol. The molecule has 0 bridgehead atoms. The van der Waals surface area contributed by atoms with Crippen molar-refractivity contribution in [2.45, 2.75) is 12.7 Å². The van der Waals surface area contributed by atoms with Crippen LogP contribution in [0.15, 0.2) is 60.9 Å². The fourth-order valence-corrected chi connectivity index (χ4v) is 3.17. The van der Waals surface area contributed by atoms with Gasteiger partial charge in [0.2, 0.25) is 5.95 Å². The smallest absolute Gasteiger partial charge is 0.387 e. The highest BCUT2D eigenvalue weighted by atomic mass is 127. The van der Waals surface area contributed by atoms with E-state index in [1.54, 1.807) is 16.8 Å². The largest absolute Gasteiger partial charge is 0.435 e. The molecular weight excluding hydrogens is 453 g/mol. The first kappa shape index (κ1) is 17.0. The summed E-state index contributed by atoms with van der Waals surface area (Å²) in [5.41, 5.74) is 2.84. The molecule has 5 nitrogen and oxygen atoms in total. The van der Waals surface area contributed by atoms with E-state index in [1.807, 2.05) is 30.3 Å². The zero-order valence-electron chi connectivity index (χ0n) is 13.3. The van der Waals surface area contributed by atoms with Crippen LogP contribution in [0.4, 0.5) is 14.7 Å². The number of anilines is 1. The summed E-state index contributed by atoms with van der Waals surface area (Å²) in [5.74, 6) is 0.747. The van der Waals surface area contributed by atoms with Crippen molar-refractivity contribution >= 4 is 34.2 Å². The average molecular weight is 466 g/mol. The maximum absolute atomic E-state index is 12.3. The minimum Gasteiger partial charge on any atom is -0.435 e. The zero-order chi connectivity index (χ0) is 18.1. The van der Waals surface area contributed by atoms with Crippen LogP contribution in [-0.4, -0.2) is 21.4 Å². The van der Waals surface area contributed by atoms with Crippen LogP contribution in [0.25, 0.3) is 5.70 Å². The number of alkyl halides is 2. The molecule has 0 saturated heterocycles. The lowest BCUT2D eigenvalue weighted by Crippen LogP contribution is -2.20. The predicted octanol–water partition coefficient (Wildman–Crippen LogP) is 4.54. The van der Waals surface area contributed by atoms with Gasteiger partial charge in [-0.15, -0.1) is 0 Å². The zero-order valence-corrected chi connectivity index (χ0v) is 15.5. The second-order valence-corrected chi connectivity index (χ2v) is 6.88. The summed E-state index contributed by atoms with van der Waals surface area (Å²) >= 11 is 2.26. The average Bonchev–Trinajstić information content (AvgIpc) is 3.10. The van der Waals surface area contributed by atoms with Gasteiger partial charge in [-0.25, -0.2) is 4.68 Å². The van der Waals surface area contributed by atoms with Crippen molar-refractivity contribution in [2.75, 3.05) is 5.32 Å². The fraction of sp³-hybridized carbons (Fsp3) is 0.111. The van der Waals surface area contributed by atoms with E-state index < -0.39 is 6.61 Å². The molecule has 1 atom stereocenters. The molecule has 0 radical (unpaired) electrons. The van der Waals surface area contributed by atoms with E-state index >= 15 is 0 Å². The molecule has 4 rings (SSSR count). The Hall–Kier alpha value is -2.49. The number of halogens is 3. The number of ether oxygens (including phenoxy) is 1. The lowest BCUT2D eigenvalue weighted by atomic mass is 10.0. The summed E-state index contributed by atoms with van der Waals surface area (Å²) in [4.78, 5) is 4.26. The third-order valence-electron chi connectivity index (χ3n) is 4.01. The third-order valence-corrected chi connectivity index (χ3v) is 4.73. The molecule has 0 saturated carbocycles. The maximum Gasteiger partial charge on any atom is 0.387 e. The monoisotopic (exact) mass is 466 g/mol. The third kappa shape index (κ3) is 3.41. The minimum absolute atomic E-state index is 0.123. The molecule has 0 aliphatic carbocycles. The SMILES string of the molecule is FC(F)Oc1ccc([C@H]2C=C(c3ccc(I)cc3)Nc3ncnn32)cc1. The molecule has 0 fully saturated rings. The molecule has 26 heavy (non-hydrogen) atoms. The molecule has 0 spiro atoms. The van der Waals surface area contributed by atoms with Gasteiger partial charge in [-0.3, -0.25) is 0 Å². The fourth-order valence-electron chi connectivity index (χ4n) is 2.82. The molecule has 1 aliphatic heterocycles. The highest BCUT2D eigenvalue weighted by molar-refractivity contribution is 14.1. The van der Waals surface area contributed by atoms with Gasteiger partial charge in [0.1, 0.15) is 18.1 Å². The normalized spacial score (nSPS) is 16.0. The van der Waals surface area contributed by atoms with Crippen LogP contribution < -0.4 is 10.1 Å². The second kappa shape index (κ2) is 7.02. The highest BCUT2D eigenvalue weighted by Crippen LogP contribution is 2.32. The number of nitrogens with zero attached hydrogens (tertiary/aromatic N) is 3. The molecule has 2 aromatic carbocycles. The standard InChI is InChI=1S/C18H13F2IN4O/c19-17(20)26-14-7-3-12(4-8-14)16-9-15(11-1-5-13(21)6-2-11)24-18-22-10-23-25(16)18/h1-10,16-17H,(H,22,23,24)/t16-/m1/s1. The number of fused-ring (bicyclic) bond motifs is 1. The number of hydrogen-bond acceptors (Lipinski definition) is 4. The Morgan fingerprint density at radius 1 is 1.08 bits per heavy atom. The molecule has 3 aromatic rings. The summed E-state index contributed by atoms with van der Waals surface area (Å²) in [7, 11) is 0. The Bertz CT molecular complexity index is 939. The van der Waals surface area contributed by atoms with Crippen molar-refractivity contribution in [1.29, 1.82) is 0 Å². The lowest BCUT2D eigenvalue weighted by Gasteiger charge is -2.24. The molecule has 1 N–H and O–H groups in total. The molecule has 0 amide bonds. The van der Waals surface area contributed by atoms with Gasteiger partial charge in [0, 0.05) is 9.27 Å². The van der Waals surface area contributed by atoms with Gasteiger partial charge in [0.15, 0.2) is 0 Å². The first-order valence-corrected chi connectivity index (χ1v) is 8.87. The molecule has 1 aliphatic rings. The van der Waals surface area contributed by atoms with E-state index in [-0.39, 0.29) is 11.8 Å².